The average Bonchev–Trinajstić information content (AvgIpc) is 3.09. The number of hydrogen-bond acceptors (Lipinski definition) is 5. The van der Waals surface area contributed by atoms with Crippen LogP contribution in [0.1, 0.15) is 35.2 Å². The summed E-state index contributed by atoms with van der Waals surface area (Å²) in [5.74, 6) is -0.0975. The highest BCUT2D eigenvalue weighted by Crippen LogP contribution is 2.37. The van der Waals surface area contributed by atoms with Crippen LogP contribution in [0.4, 0.5) is 0 Å². The topological polar surface area (TPSA) is 91.0 Å². The first-order chi connectivity index (χ1) is 14.8. The van der Waals surface area contributed by atoms with Crippen molar-refractivity contribution >= 4 is 17.7 Å². The molecular formula is C23H32N4O4. The van der Waals surface area contributed by atoms with Gasteiger partial charge < -0.3 is 25.2 Å². The fraction of sp³-hybridized carbons (Fsp3) is 0.609. The van der Waals surface area contributed by atoms with Crippen LogP contribution in [0.2, 0.25) is 0 Å². The van der Waals surface area contributed by atoms with Gasteiger partial charge in [0.1, 0.15) is 5.75 Å². The maximum absolute atomic E-state index is 13.3. The standard InChI is InChI=1S/C23H32N4O4/c1-26(2)22(30)19-13-27(21(29)16-5-4-10-24-12-16)14-23(19)9-8-15-6-7-17(31-3)11-18(15)20(28)25-23/h6-7,11,16,19,24H,4-5,8-10,12-14H2,1-3H3,(H,25,28)/t16-,19-,23+/m1/s1. The summed E-state index contributed by atoms with van der Waals surface area (Å²) < 4.78 is 5.29. The van der Waals surface area contributed by atoms with Gasteiger partial charge in [-0.1, -0.05) is 6.07 Å². The fourth-order valence-corrected chi connectivity index (χ4v) is 5.23. The van der Waals surface area contributed by atoms with E-state index in [1.807, 2.05) is 12.1 Å². The van der Waals surface area contributed by atoms with E-state index in [0.29, 0.717) is 43.8 Å². The third-order valence-electron chi connectivity index (χ3n) is 7.00. The molecule has 3 atom stereocenters. The molecule has 0 aliphatic carbocycles. The molecule has 1 aromatic carbocycles. The highest BCUT2D eigenvalue weighted by Gasteiger charge is 2.54. The van der Waals surface area contributed by atoms with E-state index in [0.717, 1.165) is 24.9 Å². The largest absolute Gasteiger partial charge is 0.497 e. The number of benzene rings is 1. The van der Waals surface area contributed by atoms with Gasteiger partial charge in [-0.2, -0.15) is 0 Å². The van der Waals surface area contributed by atoms with Crippen LogP contribution in [0.25, 0.3) is 0 Å². The summed E-state index contributed by atoms with van der Waals surface area (Å²) in [5.41, 5.74) is 0.739. The zero-order valence-electron chi connectivity index (χ0n) is 18.6. The van der Waals surface area contributed by atoms with Crippen molar-refractivity contribution in [1.29, 1.82) is 0 Å². The first-order valence-corrected chi connectivity index (χ1v) is 11.0. The Balaban J connectivity index is 1.64. The molecule has 4 rings (SSSR count). The second-order valence-electron chi connectivity index (χ2n) is 9.18. The summed E-state index contributed by atoms with van der Waals surface area (Å²) in [6.45, 7) is 2.31. The molecule has 1 aromatic rings. The van der Waals surface area contributed by atoms with E-state index < -0.39 is 11.5 Å². The van der Waals surface area contributed by atoms with Gasteiger partial charge in [0.2, 0.25) is 11.8 Å². The van der Waals surface area contributed by atoms with Crippen LogP contribution in [-0.2, 0) is 16.0 Å². The van der Waals surface area contributed by atoms with Crippen molar-refractivity contribution in [3.8, 4) is 5.75 Å². The minimum atomic E-state index is -0.775. The number of aryl methyl sites for hydroxylation is 1. The third kappa shape index (κ3) is 4.01. The predicted octanol–water partition coefficient (Wildman–Crippen LogP) is 0.656. The second-order valence-corrected chi connectivity index (χ2v) is 9.18. The molecule has 168 valence electrons. The number of nitrogens with one attached hydrogen (secondary N) is 2. The summed E-state index contributed by atoms with van der Waals surface area (Å²) in [6, 6.07) is 5.52. The van der Waals surface area contributed by atoms with E-state index in [1.165, 1.54) is 0 Å². The number of nitrogens with zero attached hydrogens (tertiary/aromatic N) is 2. The van der Waals surface area contributed by atoms with E-state index in [1.54, 1.807) is 37.1 Å². The molecule has 0 saturated carbocycles. The Morgan fingerprint density at radius 3 is 2.77 bits per heavy atom. The van der Waals surface area contributed by atoms with Crippen molar-refractivity contribution < 1.29 is 19.1 Å². The maximum Gasteiger partial charge on any atom is 0.252 e. The van der Waals surface area contributed by atoms with Crippen molar-refractivity contribution in [2.24, 2.45) is 11.8 Å². The van der Waals surface area contributed by atoms with Gasteiger partial charge in [-0.05, 0) is 49.9 Å². The van der Waals surface area contributed by atoms with Gasteiger partial charge in [0.05, 0.1) is 24.5 Å². The second kappa shape index (κ2) is 8.49. The maximum atomic E-state index is 13.3. The lowest BCUT2D eigenvalue weighted by Gasteiger charge is -2.35. The molecular weight excluding hydrogens is 396 g/mol. The Hall–Kier alpha value is -2.61. The number of methoxy groups -OCH3 is 1. The number of carbonyl (C=O) groups is 3. The van der Waals surface area contributed by atoms with Crippen LogP contribution < -0.4 is 15.4 Å². The van der Waals surface area contributed by atoms with E-state index in [-0.39, 0.29) is 23.6 Å². The molecule has 8 nitrogen and oxygen atoms in total. The summed E-state index contributed by atoms with van der Waals surface area (Å²) in [5, 5.41) is 6.48. The van der Waals surface area contributed by atoms with E-state index >= 15 is 0 Å². The molecule has 2 N–H and O–H groups in total. The Labute approximate surface area is 183 Å². The van der Waals surface area contributed by atoms with Gasteiger partial charge in [0.15, 0.2) is 0 Å². The Bertz CT molecular complexity index is 880. The van der Waals surface area contributed by atoms with Gasteiger partial charge in [-0.25, -0.2) is 0 Å². The van der Waals surface area contributed by atoms with Gasteiger partial charge in [-0.3, -0.25) is 14.4 Å². The minimum Gasteiger partial charge on any atom is -0.497 e. The van der Waals surface area contributed by atoms with Crippen molar-refractivity contribution in [1.82, 2.24) is 20.4 Å². The molecule has 3 aliphatic heterocycles. The molecule has 3 amide bonds. The molecule has 0 unspecified atom stereocenters. The smallest absolute Gasteiger partial charge is 0.252 e. The van der Waals surface area contributed by atoms with Crippen LogP contribution >= 0.6 is 0 Å². The Morgan fingerprint density at radius 1 is 1.29 bits per heavy atom. The summed E-state index contributed by atoms with van der Waals surface area (Å²) in [4.78, 5) is 43.0. The zero-order valence-corrected chi connectivity index (χ0v) is 18.6. The van der Waals surface area contributed by atoms with Crippen molar-refractivity contribution in [2.45, 2.75) is 31.2 Å². The van der Waals surface area contributed by atoms with E-state index in [9.17, 15) is 14.4 Å². The average molecular weight is 429 g/mol. The Kier molecular flexibility index (Phi) is 5.92. The van der Waals surface area contributed by atoms with E-state index in [4.69, 9.17) is 4.74 Å². The fourth-order valence-electron chi connectivity index (χ4n) is 5.23. The van der Waals surface area contributed by atoms with Crippen molar-refractivity contribution in [3.63, 3.8) is 0 Å². The number of piperidine rings is 1. The van der Waals surface area contributed by atoms with Gasteiger partial charge in [-0.15, -0.1) is 0 Å². The lowest BCUT2D eigenvalue weighted by molar-refractivity contribution is -0.136. The van der Waals surface area contributed by atoms with Crippen molar-refractivity contribution in [2.75, 3.05) is 47.4 Å². The van der Waals surface area contributed by atoms with E-state index in [2.05, 4.69) is 10.6 Å². The number of ether oxygens (including phenoxy) is 1. The molecule has 8 heteroatoms. The number of carbonyl (C=O) groups excluding carboxylic acids is 3. The number of likely N-dealkylation sites (tertiary alicyclic amines) is 1. The third-order valence-corrected chi connectivity index (χ3v) is 7.00. The van der Waals surface area contributed by atoms with Crippen LogP contribution in [0.3, 0.4) is 0 Å². The summed E-state index contributed by atoms with van der Waals surface area (Å²) in [6.07, 6.45) is 3.10. The first kappa shape index (κ1) is 21.6. The lowest BCUT2D eigenvalue weighted by atomic mass is 9.81. The lowest BCUT2D eigenvalue weighted by Crippen LogP contribution is -2.57. The summed E-state index contributed by atoms with van der Waals surface area (Å²) in [7, 11) is 5.03. The number of amides is 3. The van der Waals surface area contributed by atoms with Crippen molar-refractivity contribution in [3.05, 3.63) is 29.3 Å². The SMILES string of the molecule is COc1ccc2c(c1)C(=O)N[C@@]1(CC2)CN(C(=O)[C@@H]2CCCNC2)C[C@@H]1C(=O)N(C)C. The van der Waals surface area contributed by atoms with Crippen LogP contribution in [0.15, 0.2) is 18.2 Å². The van der Waals surface area contributed by atoms with Gasteiger partial charge in [0, 0.05) is 39.3 Å². The normalized spacial score (nSPS) is 28.0. The molecule has 2 fully saturated rings. The van der Waals surface area contributed by atoms with Crippen LogP contribution in [0.5, 0.6) is 5.75 Å². The highest BCUT2D eigenvalue weighted by atomic mass is 16.5. The highest BCUT2D eigenvalue weighted by molar-refractivity contribution is 5.98. The molecule has 0 aromatic heterocycles. The molecule has 0 radical (unpaired) electrons. The molecule has 0 bridgehead atoms. The molecule has 3 heterocycles. The number of hydrogen-bond donors (Lipinski definition) is 2. The minimum absolute atomic E-state index is 0.0547. The predicted molar refractivity (Wildman–Crippen MR) is 116 cm³/mol. The van der Waals surface area contributed by atoms with Gasteiger partial charge in [0.25, 0.3) is 5.91 Å². The number of fused-ring (bicyclic) bond motifs is 1. The molecule has 31 heavy (non-hydrogen) atoms. The van der Waals surface area contributed by atoms with Gasteiger partial charge >= 0.3 is 0 Å². The zero-order chi connectivity index (χ0) is 22.2. The monoisotopic (exact) mass is 428 g/mol. The summed E-state index contributed by atoms with van der Waals surface area (Å²) >= 11 is 0. The quantitative estimate of drug-likeness (QED) is 0.738. The number of rotatable bonds is 3. The van der Waals surface area contributed by atoms with Crippen LogP contribution in [0, 0.1) is 11.8 Å². The molecule has 3 aliphatic rings. The molecule has 1 spiro atoms. The Morgan fingerprint density at radius 2 is 2.10 bits per heavy atom. The first-order valence-electron chi connectivity index (χ1n) is 11.0. The van der Waals surface area contributed by atoms with Crippen LogP contribution in [-0.4, -0.2) is 80.4 Å². The molecule has 2 saturated heterocycles.